The zero-order chi connectivity index (χ0) is 23.5. The van der Waals surface area contributed by atoms with E-state index in [2.05, 4.69) is 9.97 Å². The van der Waals surface area contributed by atoms with Gasteiger partial charge in [-0.1, -0.05) is 48.5 Å². The summed E-state index contributed by atoms with van der Waals surface area (Å²) in [7, 11) is 0. The Kier molecular flexibility index (Phi) is 3.95. The van der Waals surface area contributed by atoms with Gasteiger partial charge in [0.25, 0.3) is 11.9 Å². The lowest BCUT2D eigenvalue weighted by atomic mass is 9.85. The summed E-state index contributed by atoms with van der Waals surface area (Å²) < 4.78 is 8.55. The van der Waals surface area contributed by atoms with E-state index < -0.39 is 11.9 Å². The number of fused-ring (bicyclic) bond motifs is 4. The van der Waals surface area contributed by atoms with Gasteiger partial charge in [-0.3, -0.25) is 0 Å². The number of benzene rings is 3. The second-order valence-corrected chi connectivity index (χ2v) is 8.06. The Morgan fingerprint density at radius 3 is 1.51 bits per heavy atom. The average Bonchev–Trinajstić information content (AvgIpc) is 3.57. The van der Waals surface area contributed by atoms with Gasteiger partial charge in [0.15, 0.2) is 0 Å². The van der Waals surface area contributed by atoms with E-state index in [1.54, 1.807) is 22.0 Å². The summed E-state index contributed by atoms with van der Waals surface area (Å²) in [6.07, 6.45) is 3.22. The lowest BCUT2D eigenvalue weighted by molar-refractivity contribution is 0.265. The molecule has 0 atom stereocenters. The number of furan rings is 1. The lowest BCUT2D eigenvalue weighted by Crippen LogP contribution is -2.22. The van der Waals surface area contributed by atoms with Crippen molar-refractivity contribution in [2.75, 3.05) is 0 Å². The van der Waals surface area contributed by atoms with Crippen LogP contribution in [-0.4, -0.2) is 41.0 Å². The van der Waals surface area contributed by atoms with Crippen molar-refractivity contribution in [3.8, 4) is 11.9 Å². The maximum Gasteiger partial charge on any atom is 0.295 e. The molecule has 2 N–H and O–H groups in total. The molecule has 0 unspecified atom stereocenters. The second kappa shape index (κ2) is 7.16. The summed E-state index contributed by atoms with van der Waals surface area (Å²) in [6.45, 7) is 0. The van der Waals surface area contributed by atoms with E-state index in [-0.39, 0.29) is 11.1 Å². The Labute approximate surface area is 197 Å². The van der Waals surface area contributed by atoms with E-state index in [0.29, 0.717) is 11.4 Å². The first-order valence-corrected chi connectivity index (χ1v) is 10.9. The number of hydrogen-bond donors (Lipinski definition) is 2. The minimum Gasteiger partial charge on any atom is -0.480 e. The highest BCUT2D eigenvalue weighted by atomic mass is 16.5. The van der Waals surface area contributed by atoms with Gasteiger partial charge in [0, 0.05) is 11.1 Å². The zero-order valence-corrected chi connectivity index (χ0v) is 18.1. The van der Waals surface area contributed by atoms with Gasteiger partial charge >= 0.3 is 0 Å². The van der Waals surface area contributed by atoms with Crippen molar-refractivity contribution in [2.24, 2.45) is 10.2 Å². The van der Waals surface area contributed by atoms with Crippen LogP contribution in [0.1, 0.15) is 22.3 Å². The number of aromatic nitrogens is 4. The third kappa shape index (κ3) is 2.81. The first-order valence-electron chi connectivity index (χ1n) is 10.9. The van der Waals surface area contributed by atoms with Gasteiger partial charge in [0.1, 0.15) is 35.2 Å². The largest absolute Gasteiger partial charge is 0.480 e. The molecule has 6 aromatic rings. The molecule has 0 spiro atoms. The van der Waals surface area contributed by atoms with Crippen LogP contribution in [0.25, 0.3) is 22.1 Å². The van der Waals surface area contributed by atoms with Gasteiger partial charge in [0.05, 0.1) is 22.1 Å². The highest BCUT2D eigenvalue weighted by Crippen LogP contribution is 2.41. The summed E-state index contributed by atoms with van der Waals surface area (Å²) in [5, 5.41) is 31.1. The molecule has 0 aliphatic heterocycles. The van der Waals surface area contributed by atoms with Crippen LogP contribution in [0.3, 0.4) is 0 Å². The van der Waals surface area contributed by atoms with Crippen LogP contribution < -0.4 is 0 Å². The number of imidazole rings is 2. The molecule has 3 aromatic heterocycles. The van der Waals surface area contributed by atoms with Crippen molar-refractivity contribution in [3.63, 3.8) is 0 Å². The summed E-state index contributed by atoms with van der Waals surface area (Å²) in [5.41, 5.74) is 5.97. The van der Waals surface area contributed by atoms with Crippen LogP contribution in [-0.2, 0) is 0 Å². The van der Waals surface area contributed by atoms with Gasteiger partial charge in [-0.2, -0.15) is 10.2 Å². The minimum atomic E-state index is -0.446. The molecule has 0 saturated carbocycles. The van der Waals surface area contributed by atoms with Crippen molar-refractivity contribution >= 4 is 33.5 Å². The van der Waals surface area contributed by atoms with Gasteiger partial charge in [-0.25, -0.2) is 19.3 Å². The minimum absolute atomic E-state index is 0.252. The van der Waals surface area contributed by atoms with E-state index in [1.807, 2.05) is 72.8 Å². The first-order chi connectivity index (χ1) is 17.2. The smallest absolute Gasteiger partial charge is 0.295 e. The lowest BCUT2D eigenvalue weighted by Gasteiger charge is -2.20. The predicted molar refractivity (Wildman–Crippen MR) is 130 cm³/mol. The van der Waals surface area contributed by atoms with Gasteiger partial charge in [0.2, 0.25) is 0 Å². The number of nitrogens with zero attached hydrogens (tertiary/aromatic N) is 6. The highest BCUT2D eigenvalue weighted by molar-refractivity contribution is 6.33. The Morgan fingerprint density at radius 2 is 1.03 bits per heavy atom. The Hall–Kier alpha value is -5.18. The molecule has 0 radical (unpaired) electrons. The summed E-state index contributed by atoms with van der Waals surface area (Å²) in [5.74, 6) is -0.892. The predicted octanol–water partition coefficient (Wildman–Crippen LogP) is 4.31. The molecule has 0 fully saturated rings. The van der Waals surface area contributed by atoms with E-state index in [9.17, 15) is 10.2 Å². The fourth-order valence-corrected chi connectivity index (χ4v) is 4.49. The van der Waals surface area contributed by atoms with Gasteiger partial charge in [-0.05, 0) is 24.3 Å². The number of hydrogen-bond acceptors (Lipinski definition) is 7. The molecular formula is C26H16N6O3. The Balaban J connectivity index is 1.52. The second-order valence-electron chi connectivity index (χ2n) is 8.06. The quantitative estimate of drug-likeness (QED) is 0.399. The summed E-state index contributed by atoms with van der Waals surface area (Å²) >= 11 is 0. The molecule has 7 rings (SSSR count). The van der Waals surface area contributed by atoms with Crippen LogP contribution in [0.15, 0.2) is 100 Å². The Morgan fingerprint density at radius 1 is 0.600 bits per heavy atom. The van der Waals surface area contributed by atoms with E-state index in [4.69, 9.17) is 14.6 Å². The molecular weight excluding hydrogens is 444 g/mol. The molecule has 0 amide bonds. The molecule has 3 heterocycles. The third-order valence-electron chi connectivity index (χ3n) is 6.07. The monoisotopic (exact) mass is 460 g/mol. The number of rotatable bonds is 2. The maximum absolute atomic E-state index is 10.7. The van der Waals surface area contributed by atoms with Gasteiger partial charge in [-0.15, -0.1) is 0 Å². The molecule has 9 heteroatoms. The van der Waals surface area contributed by atoms with Crippen molar-refractivity contribution in [1.82, 2.24) is 19.3 Å². The third-order valence-corrected chi connectivity index (χ3v) is 6.07. The molecule has 0 saturated heterocycles. The molecule has 168 valence electrons. The summed E-state index contributed by atoms with van der Waals surface area (Å²) in [4.78, 5) is 8.81. The number of para-hydroxylation sites is 4. The molecule has 0 bridgehead atoms. The zero-order valence-electron chi connectivity index (χ0n) is 18.1. The van der Waals surface area contributed by atoms with Crippen LogP contribution in [0, 0.1) is 0 Å². The fourth-order valence-electron chi connectivity index (χ4n) is 4.49. The standard InChI is InChI=1S/C26H16N6O3/c33-25-21-22(26(34)35-25)24(30-32-14-28-18-10-4-6-12-20(18)32)16-8-2-1-7-15(16)23(21)29-31-13-27-17-9-3-5-11-19(17)31/h1-14,33-34H. The topological polar surface area (TPSA) is 114 Å². The van der Waals surface area contributed by atoms with Crippen LogP contribution >= 0.6 is 0 Å². The molecule has 3 aromatic carbocycles. The summed E-state index contributed by atoms with van der Waals surface area (Å²) in [6, 6.07) is 22.8. The molecule has 1 aliphatic rings. The van der Waals surface area contributed by atoms with Crippen LogP contribution in [0.4, 0.5) is 0 Å². The maximum atomic E-state index is 10.7. The van der Waals surface area contributed by atoms with E-state index >= 15 is 0 Å². The van der Waals surface area contributed by atoms with Crippen molar-refractivity contribution < 1.29 is 14.6 Å². The molecule has 1 aliphatic carbocycles. The SMILES string of the molecule is Oc1oc(O)c2c1C(=Nn1cnc3ccccc31)c1ccccc1C2=Nn1cnc2ccccc21. The Bertz CT molecular complexity index is 1710. The van der Waals surface area contributed by atoms with E-state index in [0.717, 1.165) is 33.2 Å². The molecule has 35 heavy (non-hydrogen) atoms. The van der Waals surface area contributed by atoms with Crippen LogP contribution in [0.5, 0.6) is 11.9 Å². The van der Waals surface area contributed by atoms with Gasteiger partial charge < -0.3 is 14.6 Å². The fraction of sp³-hybridized carbons (Fsp3) is 0. The molecule has 9 nitrogen and oxygen atoms in total. The average molecular weight is 460 g/mol. The van der Waals surface area contributed by atoms with E-state index in [1.165, 1.54) is 0 Å². The van der Waals surface area contributed by atoms with Crippen molar-refractivity contribution in [2.45, 2.75) is 0 Å². The number of aromatic hydroxyl groups is 2. The normalized spacial score (nSPS) is 15.2. The van der Waals surface area contributed by atoms with Crippen molar-refractivity contribution in [1.29, 1.82) is 0 Å². The van der Waals surface area contributed by atoms with Crippen LogP contribution in [0.2, 0.25) is 0 Å². The highest BCUT2D eigenvalue weighted by Gasteiger charge is 2.36. The van der Waals surface area contributed by atoms with Crippen molar-refractivity contribution in [3.05, 3.63) is 108 Å². The first kappa shape index (κ1) is 19.3.